The molecular formula is C18H13N3O. The summed E-state index contributed by atoms with van der Waals surface area (Å²) in [7, 11) is 0. The van der Waals surface area contributed by atoms with Crippen LogP contribution < -0.4 is 5.32 Å². The van der Waals surface area contributed by atoms with Gasteiger partial charge in [0, 0.05) is 28.6 Å². The standard InChI is InChI=1S/C18H13N3O/c22-18-16(15-8-4-5-9-17(15)20-18)10-13-11-19-21(12-13)14-6-2-1-3-7-14/h1-12H,(H,20,22)/b16-10+. The van der Waals surface area contributed by atoms with E-state index >= 15 is 0 Å². The molecule has 1 aliphatic rings. The van der Waals surface area contributed by atoms with Crippen molar-refractivity contribution in [1.82, 2.24) is 9.78 Å². The lowest BCUT2D eigenvalue weighted by molar-refractivity contribution is -0.110. The zero-order chi connectivity index (χ0) is 14.9. The average molecular weight is 287 g/mol. The quantitative estimate of drug-likeness (QED) is 0.735. The van der Waals surface area contributed by atoms with Crippen molar-refractivity contribution in [3.05, 3.63) is 78.1 Å². The van der Waals surface area contributed by atoms with Crippen molar-refractivity contribution in [2.45, 2.75) is 0 Å². The highest BCUT2D eigenvalue weighted by Gasteiger charge is 2.23. The molecule has 1 N–H and O–H groups in total. The van der Waals surface area contributed by atoms with Crippen LogP contribution in [0.5, 0.6) is 0 Å². The number of hydrogen-bond donors (Lipinski definition) is 1. The number of rotatable bonds is 2. The third-order valence-electron chi connectivity index (χ3n) is 3.64. The number of nitrogens with zero attached hydrogens (tertiary/aromatic N) is 2. The van der Waals surface area contributed by atoms with Gasteiger partial charge in [0.15, 0.2) is 0 Å². The summed E-state index contributed by atoms with van der Waals surface area (Å²) in [6.07, 6.45) is 5.54. The molecule has 1 aliphatic heterocycles. The van der Waals surface area contributed by atoms with Crippen molar-refractivity contribution in [2.75, 3.05) is 5.32 Å². The molecule has 2 heterocycles. The van der Waals surface area contributed by atoms with Gasteiger partial charge >= 0.3 is 0 Å². The summed E-state index contributed by atoms with van der Waals surface area (Å²) in [5.41, 5.74) is 4.34. The summed E-state index contributed by atoms with van der Waals surface area (Å²) in [6, 6.07) is 17.6. The molecule has 0 saturated heterocycles. The van der Waals surface area contributed by atoms with E-state index in [1.165, 1.54) is 0 Å². The fraction of sp³-hybridized carbons (Fsp3) is 0. The maximum absolute atomic E-state index is 12.1. The molecule has 4 heteroatoms. The molecule has 1 amide bonds. The number of aromatic nitrogens is 2. The zero-order valence-corrected chi connectivity index (χ0v) is 11.7. The second-order valence-corrected chi connectivity index (χ2v) is 5.11. The summed E-state index contributed by atoms with van der Waals surface area (Å²) in [5, 5.41) is 7.22. The number of para-hydroxylation sites is 2. The van der Waals surface area contributed by atoms with E-state index in [9.17, 15) is 4.79 Å². The van der Waals surface area contributed by atoms with Gasteiger partial charge in [0.25, 0.3) is 5.91 Å². The molecule has 0 spiro atoms. The van der Waals surface area contributed by atoms with Gasteiger partial charge in [-0.15, -0.1) is 0 Å². The van der Waals surface area contributed by atoms with E-state index in [2.05, 4.69) is 10.4 Å². The fourth-order valence-corrected chi connectivity index (χ4v) is 2.58. The predicted molar refractivity (Wildman–Crippen MR) is 86.5 cm³/mol. The van der Waals surface area contributed by atoms with E-state index in [1.807, 2.05) is 66.9 Å². The number of fused-ring (bicyclic) bond motifs is 1. The van der Waals surface area contributed by atoms with Crippen molar-refractivity contribution < 1.29 is 4.79 Å². The Morgan fingerprint density at radius 2 is 1.77 bits per heavy atom. The van der Waals surface area contributed by atoms with Crippen LogP contribution in [-0.4, -0.2) is 15.7 Å². The van der Waals surface area contributed by atoms with Crippen molar-refractivity contribution in [2.24, 2.45) is 0 Å². The Morgan fingerprint density at radius 1 is 1.00 bits per heavy atom. The molecule has 4 rings (SSSR count). The lowest BCUT2D eigenvalue weighted by Gasteiger charge is -1.98. The lowest BCUT2D eigenvalue weighted by atomic mass is 10.1. The van der Waals surface area contributed by atoms with Crippen LogP contribution in [0.2, 0.25) is 0 Å². The van der Waals surface area contributed by atoms with Gasteiger partial charge < -0.3 is 5.32 Å². The second kappa shape index (κ2) is 5.00. The number of nitrogens with one attached hydrogen (secondary N) is 1. The van der Waals surface area contributed by atoms with Crippen LogP contribution in [0.15, 0.2) is 67.0 Å². The minimum absolute atomic E-state index is 0.0753. The second-order valence-electron chi connectivity index (χ2n) is 5.11. The molecule has 0 atom stereocenters. The van der Waals surface area contributed by atoms with E-state index in [-0.39, 0.29) is 5.91 Å². The zero-order valence-electron chi connectivity index (χ0n) is 11.7. The molecule has 22 heavy (non-hydrogen) atoms. The Balaban J connectivity index is 1.72. The van der Waals surface area contributed by atoms with Gasteiger partial charge in [0.05, 0.1) is 11.9 Å². The third-order valence-corrected chi connectivity index (χ3v) is 3.64. The SMILES string of the molecule is O=C1Nc2ccccc2/C1=C\c1cnn(-c2ccccc2)c1. The van der Waals surface area contributed by atoms with Gasteiger partial charge in [-0.1, -0.05) is 36.4 Å². The molecule has 0 bridgehead atoms. The number of hydrogen-bond acceptors (Lipinski definition) is 2. The Kier molecular flexibility index (Phi) is 2.86. The van der Waals surface area contributed by atoms with Gasteiger partial charge in [0.2, 0.25) is 0 Å². The van der Waals surface area contributed by atoms with E-state index in [0.29, 0.717) is 5.57 Å². The predicted octanol–water partition coefficient (Wildman–Crippen LogP) is 3.37. The molecule has 106 valence electrons. The smallest absolute Gasteiger partial charge is 0.256 e. The highest BCUT2D eigenvalue weighted by Crippen LogP contribution is 2.32. The number of carbonyl (C=O) groups excluding carboxylic acids is 1. The maximum Gasteiger partial charge on any atom is 0.256 e. The molecule has 1 aromatic heterocycles. The van der Waals surface area contributed by atoms with Crippen molar-refractivity contribution in [1.29, 1.82) is 0 Å². The average Bonchev–Trinajstić information content (AvgIpc) is 3.14. The van der Waals surface area contributed by atoms with E-state index in [0.717, 1.165) is 22.5 Å². The molecule has 0 unspecified atom stereocenters. The Labute approximate surface area is 127 Å². The van der Waals surface area contributed by atoms with Crippen molar-refractivity contribution in [3.8, 4) is 5.69 Å². The third kappa shape index (κ3) is 2.11. The van der Waals surface area contributed by atoms with Crippen molar-refractivity contribution in [3.63, 3.8) is 0 Å². The summed E-state index contributed by atoms with van der Waals surface area (Å²) >= 11 is 0. The summed E-state index contributed by atoms with van der Waals surface area (Å²) in [4.78, 5) is 12.1. The van der Waals surface area contributed by atoms with Gasteiger partial charge in [-0.05, 0) is 24.3 Å². The molecule has 0 saturated carbocycles. The topological polar surface area (TPSA) is 46.9 Å². The minimum Gasteiger partial charge on any atom is -0.321 e. The first-order valence-corrected chi connectivity index (χ1v) is 7.04. The van der Waals surface area contributed by atoms with E-state index in [4.69, 9.17) is 0 Å². The lowest BCUT2D eigenvalue weighted by Crippen LogP contribution is -2.03. The minimum atomic E-state index is -0.0753. The molecule has 2 aromatic carbocycles. The molecule has 4 nitrogen and oxygen atoms in total. The van der Waals surface area contributed by atoms with Crippen LogP contribution in [-0.2, 0) is 4.79 Å². The normalized spacial score (nSPS) is 14.9. The highest BCUT2D eigenvalue weighted by molar-refractivity contribution is 6.34. The summed E-state index contributed by atoms with van der Waals surface area (Å²) in [5.74, 6) is -0.0753. The number of anilines is 1. The summed E-state index contributed by atoms with van der Waals surface area (Å²) in [6.45, 7) is 0. The van der Waals surface area contributed by atoms with Gasteiger partial charge in [-0.25, -0.2) is 4.68 Å². The molecular weight excluding hydrogens is 274 g/mol. The first-order valence-electron chi connectivity index (χ1n) is 7.04. The first kappa shape index (κ1) is 12.6. The Bertz CT molecular complexity index is 878. The largest absolute Gasteiger partial charge is 0.321 e. The van der Waals surface area contributed by atoms with Crippen LogP contribution in [0, 0.1) is 0 Å². The van der Waals surface area contributed by atoms with Crippen LogP contribution in [0.4, 0.5) is 5.69 Å². The van der Waals surface area contributed by atoms with Gasteiger partial charge in [0.1, 0.15) is 0 Å². The monoisotopic (exact) mass is 287 g/mol. The Morgan fingerprint density at radius 3 is 2.64 bits per heavy atom. The van der Waals surface area contributed by atoms with Gasteiger partial charge in [-0.2, -0.15) is 5.10 Å². The number of carbonyl (C=O) groups is 1. The molecule has 0 radical (unpaired) electrons. The Hall–Kier alpha value is -3.14. The van der Waals surface area contributed by atoms with Gasteiger partial charge in [-0.3, -0.25) is 4.79 Å². The van der Waals surface area contributed by atoms with Crippen LogP contribution in [0.1, 0.15) is 11.1 Å². The van der Waals surface area contributed by atoms with Crippen LogP contribution in [0.25, 0.3) is 17.3 Å². The molecule has 0 fully saturated rings. The molecule has 0 aliphatic carbocycles. The van der Waals surface area contributed by atoms with E-state index in [1.54, 1.807) is 10.9 Å². The first-order chi connectivity index (χ1) is 10.8. The van der Waals surface area contributed by atoms with Crippen LogP contribution >= 0.6 is 0 Å². The van der Waals surface area contributed by atoms with E-state index < -0.39 is 0 Å². The highest BCUT2D eigenvalue weighted by atomic mass is 16.2. The molecule has 3 aromatic rings. The van der Waals surface area contributed by atoms with Crippen LogP contribution in [0.3, 0.4) is 0 Å². The summed E-state index contributed by atoms with van der Waals surface area (Å²) < 4.78 is 1.80. The van der Waals surface area contributed by atoms with Crippen molar-refractivity contribution >= 4 is 23.2 Å². The fourth-order valence-electron chi connectivity index (χ4n) is 2.58. The number of amides is 1. The maximum atomic E-state index is 12.1. The number of benzene rings is 2.